The van der Waals surface area contributed by atoms with E-state index in [1.165, 1.54) is 14.2 Å². The Kier molecular flexibility index (Phi) is 9.49. The molecular formula is C20H25NO5. The Morgan fingerprint density at radius 2 is 1.69 bits per heavy atom. The van der Waals surface area contributed by atoms with Crippen molar-refractivity contribution in [3.05, 3.63) is 65.2 Å². The summed E-state index contributed by atoms with van der Waals surface area (Å²) < 4.78 is 10.6. The van der Waals surface area contributed by atoms with Gasteiger partial charge in [-0.05, 0) is 31.0 Å². The molecule has 0 radical (unpaired) electrons. The average molecular weight is 359 g/mol. The molecule has 0 heterocycles. The quantitative estimate of drug-likeness (QED) is 0.487. The van der Waals surface area contributed by atoms with Gasteiger partial charge in [-0.2, -0.15) is 0 Å². The number of methoxy groups -OCH3 is 1. The minimum Gasteiger partial charge on any atom is -0.489 e. The molecule has 1 N–H and O–H groups in total. The van der Waals surface area contributed by atoms with Crippen LogP contribution in [0, 0.1) is 6.92 Å². The zero-order chi connectivity index (χ0) is 19.4. The van der Waals surface area contributed by atoms with Crippen LogP contribution in [0.2, 0.25) is 0 Å². The molecule has 0 bridgehead atoms. The molecule has 6 heteroatoms. The number of ether oxygens (including phenoxy) is 2. The van der Waals surface area contributed by atoms with E-state index in [1.807, 2.05) is 49.4 Å². The molecule has 0 aliphatic carbocycles. The number of para-hydroxylation sites is 1. The lowest BCUT2D eigenvalue weighted by Gasteiger charge is -2.12. The summed E-state index contributed by atoms with van der Waals surface area (Å²) in [6.45, 7) is 4.22. The number of carbonyl (C=O) groups excluding carboxylic acids is 1. The molecule has 0 saturated carbocycles. The zero-order valence-corrected chi connectivity index (χ0v) is 15.6. The molecule has 0 fully saturated rings. The smallest absolute Gasteiger partial charge is 0.360 e. The third kappa shape index (κ3) is 6.22. The highest BCUT2D eigenvalue weighted by Crippen LogP contribution is 2.19. The van der Waals surface area contributed by atoms with E-state index >= 15 is 0 Å². The molecule has 2 rings (SSSR count). The lowest BCUT2D eigenvalue weighted by molar-refractivity contribution is -0.132. The molecule has 0 amide bonds. The van der Waals surface area contributed by atoms with Crippen LogP contribution >= 0.6 is 0 Å². The van der Waals surface area contributed by atoms with Crippen LogP contribution in [0.1, 0.15) is 23.6 Å². The number of aliphatic hydroxyl groups is 1. The van der Waals surface area contributed by atoms with E-state index < -0.39 is 5.97 Å². The van der Waals surface area contributed by atoms with Crippen molar-refractivity contribution in [3.63, 3.8) is 0 Å². The van der Waals surface area contributed by atoms with Gasteiger partial charge in [-0.3, -0.25) is 0 Å². The fourth-order valence-corrected chi connectivity index (χ4v) is 2.14. The minimum atomic E-state index is -0.560. The van der Waals surface area contributed by atoms with Crippen LogP contribution in [-0.2, 0) is 21.0 Å². The Bertz CT molecular complexity index is 728. The van der Waals surface area contributed by atoms with Gasteiger partial charge in [0.15, 0.2) is 5.71 Å². The summed E-state index contributed by atoms with van der Waals surface area (Å²) in [6, 6.07) is 15.1. The molecule has 6 nitrogen and oxygen atoms in total. The monoisotopic (exact) mass is 359 g/mol. The Hall–Kier alpha value is -2.86. The van der Waals surface area contributed by atoms with Crippen LogP contribution in [-0.4, -0.2) is 37.6 Å². The molecule has 0 unspecified atom stereocenters. The standard InChI is InChI=1S/C18H19NO4.C2H6O/c1-13-8-4-7-11-16(13)23-12-14-9-5-6-10-15(14)17(19-22-3)18(20)21-2;1-2-3/h4-11H,12H2,1-3H3;3H,2H2,1H3/b19-17+;. The van der Waals surface area contributed by atoms with E-state index in [4.69, 9.17) is 19.4 Å². The van der Waals surface area contributed by atoms with Crippen LogP contribution in [0.4, 0.5) is 0 Å². The topological polar surface area (TPSA) is 77.4 Å². The second-order valence-corrected chi connectivity index (χ2v) is 5.14. The molecule has 0 saturated heterocycles. The predicted octanol–water partition coefficient (Wildman–Crippen LogP) is 3.10. The summed E-state index contributed by atoms with van der Waals surface area (Å²) in [6.07, 6.45) is 0. The lowest BCUT2D eigenvalue weighted by atomic mass is 10.0. The highest BCUT2D eigenvalue weighted by Gasteiger charge is 2.19. The first-order valence-electron chi connectivity index (χ1n) is 8.16. The van der Waals surface area contributed by atoms with Crippen LogP contribution in [0.15, 0.2) is 53.7 Å². The molecule has 0 atom stereocenters. The highest BCUT2D eigenvalue weighted by atomic mass is 16.6. The Morgan fingerprint density at radius 3 is 2.31 bits per heavy atom. The fourth-order valence-electron chi connectivity index (χ4n) is 2.14. The van der Waals surface area contributed by atoms with Crippen molar-refractivity contribution < 1.29 is 24.2 Å². The van der Waals surface area contributed by atoms with Gasteiger partial charge < -0.3 is 19.4 Å². The lowest BCUT2D eigenvalue weighted by Crippen LogP contribution is -2.19. The predicted molar refractivity (Wildman–Crippen MR) is 100 cm³/mol. The van der Waals surface area contributed by atoms with Crippen molar-refractivity contribution in [2.24, 2.45) is 5.16 Å². The summed E-state index contributed by atoms with van der Waals surface area (Å²) in [7, 11) is 2.69. The third-order valence-corrected chi connectivity index (χ3v) is 3.31. The third-order valence-electron chi connectivity index (χ3n) is 3.31. The molecule has 0 spiro atoms. The highest BCUT2D eigenvalue weighted by molar-refractivity contribution is 6.43. The van der Waals surface area contributed by atoms with E-state index in [9.17, 15) is 4.79 Å². The molecule has 0 aromatic heterocycles. The van der Waals surface area contributed by atoms with Crippen LogP contribution in [0.5, 0.6) is 5.75 Å². The van der Waals surface area contributed by atoms with Gasteiger partial charge in [0.2, 0.25) is 0 Å². The number of benzene rings is 2. The summed E-state index contributed by atoms with van der Waals surface area (Å²) in [5, 5.41) is 11.4. The normalized spacial score (nSPS) is 10.4. The number of rotatable bonds is 6. The van der Waals surface area contributed by atoms with Gasteiger partial charge in [-0.25, -0.2) is 4.79 Å². The number of aryl methyl sites for hydroxylation is 1. The van der Waals surface area contributed by atoms with Gasteiger partial charge in [-0.15, -0.1) is 0 Å². The van der Waals surface area contributed by atoms with Crippen LogP contribution in [0.25, 0.3) is 0 Å². The number of aliphatic hydroxyl groups excluding tert-OH is 1. The van der Waals surface area contributed by atoms with E-state index in [0.29, 0.717) is 12.2 Å². The minimum absolute atomic E-state index is 0.110. The molecular weight excluding hydrogens is 334 g/mol. The molecule has 140 valence electrons. The van der Waals surface area contributed by atoms with Crippen molar-refractivity contribution in [2.75, 3.05) is 20.8 Å². The zero-order valence-electron chi connectivity index (χ0n) is 15.6. The van der Waals surface area contributed by atoms with E-state index in [2.05, 4.69) is 5.16 Å². The van der Waals surface area contributed by atoms with Crippen LogP contribution < -0.4 is 4.74 Å². The maximum Gasteiger partial charge on any atom is 0.360 e. The van der Waals surface area contributed by atoms with Crippen molar-refractivity contribution in [3.8, 4) is 5.75 Å². The Balaban J connectivity index is 0.00000105. The second-order valence-electron chi connectivity index (χ2n) is 5.14. The van der Waals surface area contributed by atoms with Gasteiger partial charge in [0, 0.05) is 12.2 Å². The summed E-state index contributed by atoms with van der Waals surface area (Å²) in [5.74, 6) is 0.237. The molecule has 26 heavy (non-hydrogen) atoms. The summed E-state index contributed by atoms with van der Waals surface area (Å²) >= 11 is 0. The molecule has 2 aromatic carbocycles. The second kappa shape index (κ2) is 11.7. The van der Waals surface area contributed by atoms with Gasteiger partial charge in [0.1, 0.15) is 19.5 Å². The number of oxime groups is 1. The first-order valence-corrected chi connectivity index (χ1v) is 8.16. The van der Waals surface area contributed by atoms with Gasteiger partial charge in [-0.1, -0.05) is 47.6 Å². The van der Waals surface area contributed by atoms with E-state index in [0.717, 1.165) is 16.9 Å². The van der Waals surface area contributed by atoms with Crippen molar-refractivity contribution in [1.29, 1.82) is 0 Å². The first-order chi connectivity index (χ1) is 12.6. The number of esters is 1. The Morgan fingerprint density at radius 1 is 1.08 bits per heavy atom. The van der Waals surface area contributed by atoms with E-state index in [1.54, 1.807) is 13.0 Å². The molecule has 0 aliphatic heterocycles. The molecule has 2 aromatic rings. The number of hydrogen-bond acceptors (Lipinski definition) is 6. The SMILES string of the molecule is CCO.CO/N=C(/C(=O)OC)c1ccccc1COc1ccccc1C. The van der Waals surface area contributed by atoms with Gasteiger partial charge in [0.05, 0.1) is 7.11 Å². The van der Waals surface area contributed by atoms with Crippen LogP contribution in [0.3, 0.4) is 0 Å². The van der Waals surface area contributed by atoms with Crippen molar-refractivity contribution in [1.82, 2.24) is 0 Å². The average Bonchev–Trinajstić information content (AvgIpc) is 2.66. The maximum absolute atomic E-state index is 11.9. The summed E-state index contributed by atoms with van der Waals surface area (Å²) in [5.41, 5.74) is 2.59. The van der Waals surface area contributed by atoms with Crippen molar-refractivity contribution in [2.45, 2.75) is 20.5 Å². The number of carbonyl (C=O) groups is 1. The summed E-state index contributed by atoms with van der Waals surface area (Å²) in [4.78, 5) is 16.7. The van der Waals surface area contributed by atoms with Gasteiger partial charge in [0.25, 0.3) is 0 Å². The molecule has 0 aliphatic rings. The number of hydrogen-bond donors (Lipinski definition) is 1. The van der Waals surface area contributed by atoms with Gasteiger partial charge >= 0.3 is 5.97 Å². The van der Waals surface area contributed by atoms with E-state index in [-0.39, 0.29) is 12.3 Å². The Labute approximate surface area is 154 Å². The fraction of sp³-hybridized carbons (Fsp3) is 0.300. The number of nitrogens with zero attached hydrogens (tertiary/aromatic N) is 1. The first kappa shape index (κ1) is 21.2. The van der Waals surface area contributed by atoms with Crippen molar-refractivity contribution >= 4 is 11.7 Å². The largest absolute Gasteiger partial charge is 0.489 e. The maximum atomic E-state index is 11.9.